The van der Waals surface area contributed by atoms with Crippen LogP contribution in [-0.2, 0) is 25.5 Å². The summed E-state index contributed by atoms with van der Waals surface area (Å²) in [5.41, 5.74) is 8.00. The van der Waals surface area contributed by atoms with E-state index in [0.717, 1.165) is 25.8 Å². The number of aliphatic hydroxyl groups excluding tert-OH is 2. The van der Waals surface area contributed by atoms with Gasteiger partial charge in [-0.2, -0.15) is 0 Å². The standard InChI is InChI=1S/C16H22BrNO4.C8H15NO5.C7H8BrN/c1-10-7-11(5-6-12(10)17)8-14(20)13(9-19)18-15(21)22-16(2,3)4;1-8(2,3)14-7(13)9-5(4-10)6(11)12;1-5-4-6(9)2-3-7(5)8/h5-7,13,19H,8-9H2,1-4H3,(H,18,21);5,10H,4H2,1-3H3,(H,9,13)(H,11,12);2-4H,9H2,1H3/t13-;5-;/m00./s1. The van der Waals surface area contributed by atoms with Crippen molar-refractivity contribution in [2.45, 2.75) is 85.1 Å². The van der Waals surface area contributed by atoms with E-state index in [1.165, 1.54) is 5.56 Å². The highest BCUT2D eigenvalue weighted by atomic mass is 79.9. The molecule has 0 bridgehead atoms. The first-order chi connectivity index (χ1) is 20.6. The third-order valence-corrected chi connectivity index (χ3v) is 7.00. The maximum atomic E-state index is 12.2. The van der Waals surface area contributed by atoms with Crippen LogP contribution >= 0.6 is 31.9 Å². The Bertz CT molecular complexity index is 1290. The topological polar surface area (TPSA) is 198 Å². The number of ketones is 1. The van der Waals surface area contributed by atoms with Gasteiger partial charge in [0.2, 0.25) is 0 Å². The molecule has 2 aromatic rings. The monoisotopic (exact) mass is 761 g/mol. The van der Waals surface area contributed by atoms with Crippen molar-refractivity contribution >= 4 is 61.5 Å². The molecule has 2 atom stereocenters. The van der Waals surface area contributed by atoms with E-state index in [9.17, 15) is 24.3 Å². The van der Waals surface area contributed by atoms with Gasteiger partial charge in [0.05, 0.1) is 13.2 Å². The SMILES string of the molecule is CC(C)(C)OC(=O)N[C@@H](CO)C(=O)O.Cc1cc(CC(=O)[C@H](CO)NC(=O)OC(C)(C)C)ccc1Br.Cc1cc(N)ccc1Br. The van der Waals surface area contributed by atoms with Gasteiger partial charge in [-0.05, 0) is 96.3 Å². The maximum absolute atomic E-state index is 12.2. The van der Waals surface area contributed by atoms with Crippen LogP contribution in [-0.4, -0.2) is 75.8 Å². The van der Waals surface area contributed by atoms with Crippen LogP contribution in [0.1, 0.15) is 58.2 Å². The van der Waals surface area contributed by atoms with Gasteiger partial charge in [0.1, 0.15) is 17.2 Å². The van der Waals surface area contributed by atoms with Gasteiger partial charge in [0, 0.05) is 21.1 Å². The summed E-state index contributed by atoms with van der Waals surface area (Å²) in [7, 11) is 0. The number of ether oxygens (including phenoxy) is 2. The molecule has 0 aliphatic carbocycles. The predicted octanol–water partition coefficient (Wildman–Crippen LogP) is 5.05. The van der Waals surface area contributed by atoms with Crippen molar-refractivity contribution in [3.05, 3.63) is 62.0 Å². The van der Waals surface area contributed by atoms with Crippen molar-refractivity contribution in [1.82, 2.24) is 10.6 Å². The molecule has 0 heterocycles. The third-order valence-electron chi connectivity index (χ3n) is 5.22. The largest absolute Gasteiger partial charge is 0.480 e. The zero-order chi connectivity index (χ0) is 35.1. The number of aryl methyl sites for hydroxylation is 2. The Morgan fingerprint density at radius 1 is 0.778 bits per heavy atom. The van der Waals surface area contributed by atoms with Gasteiger partial charge in [-0.25, -0.2) is 14.4 Å². The first-order valence-corrected chi connectivity index (χ1v) is 15.4. The molecule has 252 valence electrons. The summed E-state index contributed by atoms with van der Waals surface area (Å²) >= 11 is 6.77. The lowest BCUT2D eigenvalue weighted by Gasteiger charge is -2.22. The van der Waals surface area contributed by atoms with E-state index in [1.54, 1.807) is 41.5 Å². The summed E-state index contributed by atoms with van der Waals surface area (Å²) in [5.74, 6) is -1.58. The van der Waals surface area contributed by atoms with E-state index in [0.29, 0.717) is 0 Å². The fraction of sp³-hybridized carbons (Fsp3) is 0.484. The molecule has 7 N–H and O–H groups in total. The molecule has 0 aliphatic heterocycles. The highest BCUT2D eigenvalue weighted by molar-refractivity contribution is 9.10. The van der Waals surface area contributed by atoms with Crippen molar-refractivity contribution in [3.8, 4) is 0 Å². The Balaban J connectivity index is 0.000000715. The van der Waals surface area contributed by atoms with Crippen molar-refractivity contribution in [2.24, 2.45) is 0 Å². The molecule has 0 radical (unpaired) electrons. The number of benzene rings is 2. The summed E-state index contributed by atoms with van der Waals surface area (Å²) in [6.07, 6.45) is -1.44. The molecule has 0 unspecified atom stereocenters. The molecule has 45 heavy (non-hydrogen) atoms. The molecule has 12 nitrogen and oxygen atoms in total. The Kier molecular flexibility index (Phi) is 18.0. The molecule has 2 rings (SSSR count). The van der Waals surface area contributed by atoms with E-state index in [-0.39, 0.29) is 12.2 Å². The van der Waals surface area contributed by atoms with Crippen LogP contribution in [0.15, 0.2) is 45.3 Å². The second-order valence-corrected chi connectivity index (χ2v) is 13.5. The number of aliphatic carboxylic acids is 1. The normalized spacial score (nSPS) is 12.2. The number of nitrogens with two attached hydrogens (primary N) is 1. The van der Waals surface area contributed by atoms with E-state index in [2.05, 4.69) is 37.2 Å². The van der Waals surface area contributed by atoms with Crippen LogP contribution < -0.4 is 16.4 Å². The summed E-state index contributed by atoms with van der Waals surface area (Å²) in [6.45, 7) is 13.0. The Morgan fingerprint density at radius 2 is 1.20 bits per heavy atom. The minimum absolute atomic E-state index is 0.134. The van der Waals surface area contributed by atoms with Crippen LogP contribution in [0.5, 0.6) is 0 Å². The molecule has 14 heteroatoms. The van der Waals surface area contributed by atoms with Crippen molar-refractivity contribution in [2.75, 3.05) is 18.9 Å². The highest BCUT2D eigenvalue weighted by Crippen LogP contribution is 2.18. The van der Waals surface area contributed by atoms with Crippen molar-refractivity contribution in [1.29, 1.82) is 0 Å². The van der Waals surface area contributed by atoms with Crippen molar-refractivity contribution in [3.63, 3.8) is 0 Å². The lowest BCUT2D eigenvalue weighted by Crippen LogP contribution is -2.46. The van der Waals surface area contributed by atoms with E-state index < -0.39 is 54.7 Å². The molecule has 0 fully saturated rings. The van der Waals surface area contributed by atoms with Gasteiger partial charge >= 0.3 is 18.2 Å². The molecule has 0 saturated carbocycles. The average Bonchev–Trinajstić information content (AvgIpc) is 2.88. The number of amides is 2. The molecule has 0 aliphatic rings. The molecule has 0 saturated heterocycles. The van der Waals surface area contributed by atoms with Gasteiger partial charge in [-0.3, -0.25) is 4.79 Å². The van der Waals surface area contributed by atoms with Crippen LogP contribution in [0.25, 0.3) is 0 Å². The lowest BCUT2D eigenvalue weighted by molar-refractivity contribution is -0.140. The van der Waals surface area contributed by atoms with E-state index >= 15 is 0 Å². The van der Waals surface area contributed by atoms with Crippen molar-refractivity contribution < 1.29 is 44.0 Å². The average molecular weight is 764 g/mol. The van der Waals surface area contributed by atoms with Gasteiger partial charge in [-0.15, -0.1) is 0 Å². The third kappa shape index (κ3) is 19.0. The number of hydrogen-bond donors (Lipinski definition) is 6. The first kappa shape index (κ1) is 41.8. The number of carboxylic acids is 1. The van der Waals surface area contributed by atoms with Crippen LogP contribution in [0.4, 0.5) is 15.3 Å². The fourth-order valence-corrected chi connectivity index (χ4v) is 3.62. The number of carbonyl (C=O) groups excluding carboxylic acids is 3. The first-order valence-electron chi connectivity index (χ1n) is 13.8. The van der Waals surface area contributed by atoms with E-state index in [4.69, 9.17) is 25.4 Å². The Morgan fingerprint density at radius 3 is 1.56 bits per heavy atom. The number of carboxylic acid groups (broad SMARTS) is 1. The number of aliphatic hydroxyl groups is 2. The van der Waals surface area contributed by atoms with Crippen LogP contribution in [0, 0.1) is 13.8 Å². The quantitative estimate of drug-likeness (QED) is 0.198. The molecular formula is C31H45Br2N3O9. The number of hydrogen-bond acceptors (Lipinski definition) is 9. The number of nitrogen functional groups attached to an aromatic ring is 1. The van der Waals surface area contributed by atoms with Gasteiger partial charge in [-0.1, -0.05) is 44.0 Å². The van der Waals surface area contributed by atoms with Crippen LogP contribution in [0.3, 0.4) is 0 Å². The number of rotatable bonds is 8. The Labute approximate surface area is 281 Å². The minimum Gasteiger partial charge on any atom is -0.480 e. The molecular weight excluding hydrogens is 718 g/mol. The lowest BCUT2D eigenvalue weighted by atomic mass is 10.0. The second kappa shape index (κ2) is 19.3. The number of carbonyl (C=O) groups is 4. The summed E-state index contributed by atoms with van der Waals surface area (Å²) in [4.78, 5) is 45.3. The number of halogens is 2. The zero-order valence-corrected chi connectivity index (χ0v) is 30.0. The van der Waals surface area contributed by atoms with Gasteiger partial charge in [0.15, 0.2) is 11.8 Å². The van der Waals surface area contributed by atoms with Gasteiger partial charge in [0.25, 0.3) is 0 Å². The second-order valence-electron chi connectivity index (χ2n) is 11.8. The molecule has 2 amide bonds. The molecule has 2 aromatic carbocycles. The fourth-order valence-electron chi connectivity index (χ4n) is 3.12. The number of nitrogens with one attached hydrogen (secondary N) is 2. The number of alkyl carbamates (subject to hydrolysis) is 2. The number of Topliss-reactive ketones (excluding diaryl/α,β-unsaturated/α-hetero) is 1. The van der Waals surface area contributed by atoms with Gasteiger partial charge < -0.3 is 41.2 Å². The maximum Gasteiger partial charge on any atom is 0.408 e. The summed E-state index contributed by atoms with van der Waals surface area (Å²) in [5, 5.41) is 30.8. The smallest absolute Gasteiger partial charge is 0.408 e. The summed E-state index contributed by atoms with van der Waals surface area (Å²) in [6, 6.07) is 9.04. The number of anilines is 1. The zero-order valence-electron chi connectivity index (χ0n) is 26.9. The van der Waals surface area contributed by atoms with E-state index in [1.807, 2.05) is 55.6 Å². The van der Waals surface area contributed by atoms with Crippen LogP contribution in [0.2, 0.25) is 0 Å². The predicted molar refractivity (Wildman–Crippen MR) is 179 cm³/mol. The molecule has 0 spiro atoms. The minimum atomic E-state index is -1.33. The highest BCUT2D eigenvalue weighted by Gasteiger charge is 2.24. The summed E-state index contributed by atoms with van der Waals surface area (Å²) < 4.78 is 12.0. The molecule has 0 aromatic heterocycles. The Hall–Kier alpha value is -3.20.